The van der Waals surface area contributed by atoms with Crippen LogP contribution in [0.25, 0.3) is 0 Å². The minimum absolute atomic E-state index is 0.00113. The molecule has 0 amide bonds. The number of hydrogen-bond acceptors (Lipinski definition) is 6. The van der Waals surface area contributed by atoms with E-state index in [2.05, 4.69) is 9.97 Å². The van der Waals surface area contributed by atoms with Gasteiger partial charge in [0, 0.05) is 40.5 Å². The standard InChI is InChI=1S/C21H23Cl2N3O4S/c1-13(2)20-21(31(28,29)30-18-10-16(22)9-17(23)11-18)26(19(25-20)6-8-27)12-15-5-4-7-24-14(15)3/h4-5,7,9-11,13,27H,6,8,12H2,1-3H3. The zero-order chi connectivity index (χ0) is 22.8. The molecule has 0 fully saturated rings. The van der Waals surface area contributed by atoms with E-state index < -0.39 is 10.1 Å². The summed E-state index contributed by atoms with van der Waals surface area (Å²) in [4.78, 5) is 8.82. The Kier molecular flexibility index (Phi) is 7.26. The fourth-order valence-corrected chi connectivity index (χ4v) is 5.11. The third-order valence-electron chi connectivity index (χ3n) is 4.63. The largest absolute Gasteiger partial charge is 0.396 e. The Bertz CT molecular complexity index is 1170. The van der Waals surface area contributed by atoms with Crippen molar-refractivity contribution in [2.24, 2.45) is 0 Å². The minimum Gasteiger partial charge on any atom is -0.396 e. The first kappa shape index (κ1) is 23.5. The fraction of sp³-hybridized carbons (Fsp3) is 0.333. The van der Waals surface area contributed by atoms with Crippen LogP contribution < -0.4 is 4.18 Å². The van der Waals surface area contributed by atoms with Gasteiger partial charge in [0.25, 0.3) is 0 Å². The summed E-state index contributed by atoms with van der Waals surface area (Å²) in [6.07, 6.45) is 1.86. The molecule has 1 aromatic carbocycles. The lowest BCUT2D eigenvalue weighted by Crippen LogP contribution is -2.19. The number of hydrogen-bond donors (Lipinski definition) is 1. The summed E-state index contributed by atoms with van der Waals surface area (Å²) in [5, 5.41) is 9.97. The first-order valence-electron chi connectivity index (χ1n) is 9.63. The van der Waals surface area contributed by atoms with Gasteiger partial charge >= 0.3 is 10.1 Å². The van der Waals surface area contributed by atoms with E-state index in [0.717, 1.165) is 11.3 Å². The van der Waals surface area contributed by atoms with Crippen molar-refractivity contribution in [2.45, 2.75) is 44.7 Å². The van der Waals surface area contributed by atoms with Crippen LogP contribution in [0.15, 0.2) is 41.6 Å². The number of rotatable bonds is 8. The Morgan fingerprint density at radius 2 is 1.87 bits per heavy atom. The van der Waals surface area contributed by atoms with Crippen LogP contribution in [-0.4, -0.2) is 34.7 Å². The quantitative estimate of drug-likeness (QED) is 0.478. The predicted molar refractivity (Wildman–Crippen MR) is 119 cm³/mol. The molecule has 0 aliphatic carbocycles. The first-order valence-corrected chi connectivity index (χ1v) is 11.8. The van der Waals surface area contributed by atoms with Crippen molar-refractivity contribution in [3.63, 3.8) is 0 Å². The maximum absolute atomic E-state index is 13.4. The maximum Gasteiger partial charge on any atom is 0.357 e. The average molecular weight is 484 g/mol. The van der Waals surface area contributed by atoms with E-state index >= 15 is 0 Å². The van der Waals surface area contributed by atoms with Crippen molar-refractivity contribution in [3.8, 4) is 5.75 Å². The number of aromatic nitrogens is 3. The molecule has 0 spiro atoms. The number of aryl methyl sites for hydroxylation is 1. The summed E-state index contributed by atoms with van der Waals surface area (Å²) in [5.41, 5.74) is 1.96. The van der Waals surface area contributed by atoms with Gasteiger partial charge in [0.15, 0.2) is 5.03 Å². The zero-order valence-corrected chi connectivity index (χ0v) is 19.7. The van der Waals surface area contributed by atoms with Crippen LogP contribution >= 0.6 is 23.2 Å². The van der Waals surface area contributed by atoms with Gasteiger partial charge in [-0.2, -0.15) is 8.42 Å². The molecule has 10 heteroatoms. The molecule has 3 aromatic rings. The second-order valence-corrected chi connectivity index (χ2v) is 9.66. The molecule has 3 rings (SSSR count). The number of aliphatic hydroxyl groups excluding tert-OH is 1. The third-order valence-corrected chi connectivity index (χ3v) is 6.38. The molecular formula is C21H23Cl2N3O4S. The van der Waals surface area contributed by atoms with Gasteiger partial charge < -0.3 is 13.9 Å². The maximum atomic E-state index is 13.4. The number of halogens is 2. The summed E-state index contributed by atoms with van der Waals surface area (Å²) in [6, 6.07) is 7.89. The molecule has 0 unspecified atom stereocenters. The summed E-state index contributed by atoms with van der Waals surface area (Å²) in [5.74, 6) is 0.243. The van der Waals surface area contributed by atoms with Crippen LogP contribution in [0, 0.1) is 6.92 Å². The highest BCUT2D eigenvalue weighted by atomic mass is 35.5. The zero-order valence-electron chi connectivity index (χ0n) is 17.3. The van der Waals surface area contributed by atoms with Crippen LogP contribution in [0.3, 0.4) is 0 Å². The van der Waals surface area contributed by atoms with Crippen molar-refractivity contribution >= 4 is 33.3 Å². The summed E-state index contributed by atoms with van der Waals surface area (Å²) in [7, 11) is -4.30. The van der Waals surface area contributed by atoms with Crippen molar-refractivity contribution < 1.29 is 17.7 Å². The van der Waals surface area contributed by atoms with E-state index in [1.54, 1.807) is 16.8 Å². The molecule has 0 aliphatic rings. The van der Waals surface area contributed by atoms with E-state index in [9.17, 15) is 13.5 Å². The highest BCUT2D eigenvalue weighted by Crippen LogP contribution is 2.31. The van der Waals surface area contributed by atoms with Gasteiger partial charge in [-0.1, -0.05) is 43.1 Å². The van der Waals surface area contributed by atoms with Crippen molar-refractivity contribution in [3.05, 3.63) is 69.3 Å². The molecule has 0 atom stereocenters. The smallest absolute Gasteiger partial charge is 0.357 e. The summed E-state index contributed by atoms with van der Waals surface area (Å²) in [6.45, 7) is 5.58. The lowest BCUT2D eigenvalue weighted by atomic mass is 10.1. The van der Waals surface area contributed by atoms with Gasteiger partial charge in [-0.05, 0) is 30.5 Å². The average Bonchev–Trinajstić information content (AvgIpc) is 3.02. The topological polar surface area (TPSA) is 94.3 Å². The summed E-state index contributed by atoms with van der Waals surface area (Å²) < 4.78 is 33.8. The highest BCUT2D eigenvalue weighted by Gasteiger charge is 2.31. The molecule has 31 heavy (non-hydrogen) atoms. The number of pyridine rings is 1. The Morgan fingerprint density at radius 3 is 2.45 bits per heavy atom. The van der Waals surface area contributed by atoms with E-state index in [4.69, 9.17) is 27.4 Å². The van der Waals surface area contributed by atoms with Crippen LogP contribution in [-0.2, 0) is 23.1 Å². The first-order chi connectivity index (χ1) is 14.6. The lowest BCUT2D eigenvalue weighted by molar-refractivity contribution is 0.294. The van der Waals surface area contributed by atoms with Crippen LogP contribution in [0.5, 0.6) is 5.75 Å². The molecule has 0 aliphatic heterocycles. The van der Waals surface area contributed by atoms with E-state index in [0.29, 0.717) is 11.5 Å². The minimum atomic E-state index is -4.30. The fourth-order valence-electron chi connectivity index (χ4n) is 3.19. The van der Waals surface area contributed by atoms with Crippen LogP contribution in [0.4, 0.5) is 0 Å². The van der Waals surface area contributed by atoms with Gasteiger partial charge in [0.05, 0.1) is 18.8 Å². The monoisotopic (exact) mass is 483 g/mol. The number of aliphatic hydroxyl groups is 1. The summed E-state index contributed by atoms with van der Waals surface area (Å²) >= 11 is 12.0. The molecule has 2 aromatic heterocycles. The molecule has 166 valence electrons. The molecule has 1 N–H and O–H groups in total. The van der Waals surface area contributed by atoms with E-state index in [1.165, 1.54) is 18.2 Å². The van der Waals surface area contributed by atoms with Crippen LogP contribution in [0.2, 0.25) is 10.0 Å². The number of nitrogens with zero attached hydrogens (tertiary/aromatic N) is 3. The SMILES string of the molecule is Cc1ncccc1Cn1c(CCO)nc(C(C)C)c1S(=O)(=O)Oc1cc(Cl)cc(Cl)c1. The predicted octanol–water partition coefficient (Wildman–Crippen LogP) is 4.37. The van der Waals surface area contributed by atoms with Crippen molar-refractivity contribution in [2.75, 3.05) is 6.61 Å². The molecule has 0 saturated heterocycles. The van der Waals surface area contributed by atoms with E-state index in [-0.39, 0.29) is 46.3 Å². The Labute approximate surface area is 191 Å². The van der Waals surface area contributed by atoms with Crippen LogP contribution in [0.1, 0.15) is 42.5 Å². The van der Waals surface area contributed by atoms with Gasteiger partial charge in [-0.25, -0.2) is 4.98 Å². The van der Waals surface area contributed by atoms with Gasteiger partial charge in [0.2, 0.25) is 0 Å². The second kappa shape index (κ2) is 9.56. The van der Waals surface area contributed by atoms with Gasteiger partial charge in [-0.3, -0.25) is 4.98 Å². The van der Waals surface area contributed by atoms with Crippen molar-refractivity contribution in [1.29, 1.82) is 0 Å². The third kappa shape index (κ3) is 5.38. The Balaban J connectivity index is 2.17. The molecule has 7 nitrogen and oxygen atoms in total. The van der Waals surface area contributed by atoms with Crippen molar-refractivity contribution in [1.82, 2.24) is 14.5 Å². The molecule has 2 heterocycles. The highest BCUT2D eigenvalue weighted by molar-refractivity contribution is 7.87. The number of imidazole rings is 1. The second-order valence-electron chi connectivity index (χ2n) is 7.32. The lowest BCUT2D eigenvalue weighted by Gasteiger charge is -2.15. The van der Waals surface area contributed by atoms with E-state index in [1.807, 2.05) is 26.8 Å². The molecule has 0 bridgehead atoms. The molecular weight excluding hydrogens is 461 g/mol. The Hall–Kier alpha value is -2.13. The van der Waals surface area contributed by atoms with Gasteiger partial charge in [0.1, 0.15) is 11.6 Å². The van der Waals surface area contributed by atoms with Gasteiger partial charge in [-0.15, -0.1) is 0 Å². The molecule has 0 saturated carbocycles. The molecule has 0 radical (unpaired) electrons. The normalized spacial score (nSPS) is 11.8. The Morgan fingerprint density at radius 1 is 1.19 bits per heavy atom. The number of benzene rings is 1.